The molecule has 2 atom stereocenters. The van der Waals surface area contributed by atoms with E-state index >= 15 is 0 Å². The highest BCUT2D eigenvalue weighted by molar-refractivity contribution is 4.94. The molecule has 2 nitrogen and oxygen atoms in total. The van der Waals surface area contributed by atoms with E-state index in [1.54, 1.807) is 0 Å². The average molecular weight is 213 g/mol. The summed E-state index contributed by atoms with van der Waals surface area (Å²) in [7, 11) is 0. The highest BCUT2D eigenvalue weighted by atomic mass is 16.5. The maximum absolute atomic E-state index is 6.32. The standard InChI is InChI=1S/C13H27NO/c1-3-4-5-6-7-8-9-13(14)10-11-15-12(13)2/h12H,3-11,14H2,1-2H3. The van der Waals surface area contributed by atoms with Gasteiger partial charge in [-0.05, 0) is 19.8 Å². The van der Waals surface area contributed by atoms with Crippen molar-refractivity contribution >= 4 is 0 Å². The third-order valence-corrected chi connectivity index (χ3v) is 3.74. The number of hydrogen-bond donors (Lipinski definition) is 1. The van der Waals surface area contributed by atoms with E-state index in [1.165, 1.54) is 38.5 Å². The number of rotatable bonds is 7. The van der Waals surface area contributed by atoms with E-state index < -0.39 is 0 Å². The zero-order valence-corrected chi connectivity index (χ0v) is 10.4. The van der Waals surface area contributed by atoms with Gasteiger partial charge in [-0.15, -0.1) is 0 Å². The molecule has 15 heavy (non-hydrogen) atoms. The van der Waals surface area contributed by atoms with Gasteiger partial charge < -0.3 is 10.5 Å². The molecule has 0 aromatic heterocycles. The van der Waals surface area contributed by atoms with E-state index in [1.807, 2.05) is 0 Å². The Hall–Kier alpha value is -0.0800. The Bertz CT molecular complexity index is 172. The third-order valence-electron chi connectivity index (χ3n) is 3.74. The van der Waals surface area contributed by atoms with Gasteiger partial charge in [0, 0.05) is 12.1 Å². The molecule has 1 rings (SSSR count). The second-order valence-electron chi connectivity index (χ2n) is 5.01. The van der Waals surface area contributed by atoms with Crippen LogP contribution < -0.4 is 5.73 Å². The minimum atomic E-state index is -0.0231. The molecule has 0 aliphatic carbocycles. The van der Waals surface area contributed by atoms with E-state index in [9.17, 15) is 0 Å². The van der Waals surface area contributed by atoms with Crippen LogP contribution in [0.25, 0.3) is 0 Å². The summed E-state index contributed by atoms with van der Waals surface area (Å²) in [6.45, 7) is 5.23. The normalized spacial score (nSPS) is 31.0. The van der Waals surface area contributed by atoms with Gasteiger partial charge >= 0.3 is 0 Å². The first-order valence-corrected chi connectivity index (χ1v) is 6.59. The number of hydrogen-bond acceptors (Lipinski definition) is 2. The van der Waals surface area contributed by atoms with Crippen LogP contribution in [0.3, 0.4) is 0 Å². The topological polar surface area (TPSA) is 35.2 Å². The van der Waals surface area contributed by atoms with E-state index in [0.29, 0.717) is 0 Å². The van der Waals surface area contributed by atoms with Crippen molar-refractivity contribution in [2.75, 3.05) is 6.61 Å². The number of nitrogens with two attached hydrogens (primary N) is 1. The smallest absolute Gasteiger partial charge is 0.0727 e. The summed E-state index contributed by atoms with van der Waals surface area (Å²) < 4.78 is 5.54. The molecule has 1 aliphatic heterocycles. The predicted molar refractivity (Wildman–Crippen MR) is 64.9 cm³/mol. The molecule has 1 fully saturated rings. The molecule has 1 aliphatic rings. The van der Waals surface area contributed by atoms with Crippen molar-refractivity contribution < 1.29 is 4.74 Å². The molecule has 0 bridgehead atoms. The maximum atomic E-state index is 6.32. The van der Waals surface area contributed by atoms with Crippen LogP contribution >= 0.6 is 0 Å². The van der Waals surface area contributed by atoms with Gasteiger partial charge in [0.2, 0.25) is 0 Å². The van der Waals surface area contributed by atoms with Gasteiger partial charge in [-0.1, -0.05) is 45.4 Å². The SMILES string of the molecule is CCCCCCCCC1(N)CCOC1C. The molecule has 1 saturated heterocycles. The van der Waals surface area contributed by atoms with Gasteiger partial charge in [0.05, 0.1) is 6.10 Å². The summed E-state index contributed by atoms with van der Waals surface area (Å²) in [4.78, 5) is 0. The fraction of sp³-hybridized carbons (Fsp3) is 1.00. The van der Waals surface area contributed by atoms with E-state index in [0.717, 1.165) is 19.4 Å². The summed E-state index contributed by atoms with van der Waals surface area (Å²) >= 11 is 0. The first-order valence-electron chi connectivity index (χ1n) is 6.59. The van der Waals surface area contributed by atoms with Crippen molar-refractivity contribution in [1.82, 2.24) is 0 Å². The van der Waals surface area contributed by atoms with Crippen LogP contribution in [0.15, 0.2) is 0 Å². The van der Waals surface area contributed by atoms with Crippen LogP contribution in [0.2, 0.25) is 0 Å². The highest BCUT2D eigenvalue weighted by Crippen LogP contribution is 2.28. The summed E-state index contributed by atoms with van der Waals surface area (Å²) in [5, 5.41) is 0. The molecular formula is C13H27NO. The molecule has 0 saturated carbocycles. The maximum Gasteiger partial charge on any atom is 0.0727 e. The van der Waals surface area contributed by atoms with Crippen molar-refractivity contribution in [1.29, 1.82) is 0 Å². The minimum Gasteiger partial charge on any atom is -0.377 e. The summed E-state index contributed by atoms with van der Waals surface area (Å²) in [6.07, 6.45) is 10.5. The first-order chi connectivity index (χ1) is 7.19. The summed E-state index contributed by atoms with van der Waals surface area (Å²) in [6, 6.07) is 0. The molecule has 0 amide bonds. The Morgan fingerprint density at radius 3 is 2.47 bits per heavy atom. The first kappa shape index (κ1) is 13.0. The lowest BCUT2D eigenvalue weighted by Crippen LogP contribution is -2.45. The van der Waals surface area contributed by atoms with E-state index in [4.69, 9.17) is 10.5 Å². The monoisotopic (exact) mass is 213 g/mol. The largest absolute Gasteiger partial charge is 0.377 e. The number of ether oxygens (including phenoxy) is 1. The van der Waals surface area contributed by atoms with Gasteiger partial charge in [0.1, 0.15) is 0 Å². The van der Waals surface area contributed by atoms with Gasteiger partial charge in [0.25, 0.3) is 0 Å². The summed E-state index contributed by atoms with van der Waals surface area (Å²) in [5.74, 6) is 0. The predicted octanol–water partition coefficient (Wildman–Crippen LogP) is 3.24. The molecule has 0 aromatic carbocycles. The lowest BCUT2D eigenvalue weighted by Gasteiger charge is -2.27. The van der Waals surface area contributed by atoms with Crippen molar-refractivity contribution in [2.45, 2.75) is 76.9 Å². The molecule has 0 radical (unpaired) electrons. The molecule has 2 heteroatoms. The Kier molecular flexibility index (Phi) is 5.62. The van der Waals surface area contributed by atoms with Crippen molar-refractivity contribution in [3.8, 4) is 0 Å². The van der Waals surface area contributed by atoms with Crippen molar-refractivity contribution in [3.63, 3.8) is 0 Å². The van der Waals surface area contributed by atoms with Crippen LogP contribution in [0.1, 0.15) is 65.2 Å². The Morgan fingerprint density at radius 2 is 1.87 bits per heavy atom. The van der Waals surface area contributed by atoms with Crippen LogP contribution in [0.4, 0.5) is 0 Å². The molecule has 2 N–H and O–H groups in total. The fourth-order valence-corrected chi connectivity index (χ4v) is 2.36. The van der Waals surface area contributed by atoms with Crippen LogP contribution in [-0.2, 0) is 4.74 Å². The zero-order valence-electron chi connectivity index (χ0n) is 10.4. The third kappa shape index (κ3) is 4.12. The molecule has 0 spiro atoms. The quantitative estimate of drug-likeness (QED) is 0.659. The Balaban J connectivity index is 2.04. The lowest BCUT2D eigenvalue weighted by atomic mass is 9.87. The van der Waals surface area contributed by atoms with Gasteiger partial charge in [-0.3, -0.25) is 0 Å². The molecule has 0 aromatic rings. The summed E-state index contributed by atoms with van der Waals surface area (Å²) in [5.41, 5.74) is 6.30. The van der Waals surface area contributed by atoms with Crippen LogP contribution in [0, 0.1) is 0 Å². The minimum absolute atomic E-state index is 0.0231. The zero-order chi connectivity index (χ0) is 11.1. The van der Waals surface area contributed by atoms with Crippen LogP contribution in [-0.4, -0.2) is 18.2 Å². The Labute approximate surface area is 94.6 Å². The van der Waals surface area contributed by atoms with Gasteiger partial charge in [0.15, 0.2) is 0 Å². The molecule has 2 unspecified atom stereocenters. The van der Waals surface area contributed by atoms with E-state index in [2.05, 4.69) is 13.8 Å². The fourth-order valence-electron chi connectivity index (χ4n) is 2.36. The van der Waals surface area contributed by atoms with Crippen molar-refractivity contribution in [3.05, 3.63) is 0 Å². The second-order valence-corrected chi connectivity index (χ2v) is 5.01. The van der Waals surface area contributed by atoms with E-state index in [-0.39, 0.29) is 11.6 Å². The second kappa shape index (κ2) is 6.49. The lowest BCUT2D eigenvalue weighted by molar-refractivity contribution is 0.0920. The average Bonchev–Trinajstić information content (AvgIpc) is 2.54. The molecule has 1 heterocycles. The van der Waals surface area contributed by atoms with Gasteiger partial charge in [-0.2, -0.15) is 0 Å². The Morgan fingerprint density at radius 1 is 1.20 bits per heavy atom. The number of unbranched alkanes of at least 4 members (excludes halogenated alkanes) is 5. The highest BCUT2D eigenvalue weighted by Gasteiger charge is 2.36. The van der Waals surface area contributed by atoms with Gasteiger partial charge in [-0.25, -0.2) is 0 Å². The molecular weight excluding hydrogens is 186 g/mol. The van der Waals surface area contributed by atoms with Crippen LogP contribution in [0.5, 0.6) is 0 Å². The molecule has 90 valence electrons. The van der Waals surface area contributed by atoms with Crippen molar-refractivity contribution in [2.24, 2.45) is 5.73 Å².